The quantitative estimate of drug-likeness (QED) is 0.909. The summed E-state index contributed by atoms with van der Waals surface area (Å²) in [5, 5.41) is 16.0. The summed E-state index contributed by atoms with van der Waals surface area (Å²) in [6.07, 6.45) is 2.53. The molecule has 1 saturated heterocycles. The van der Waals surface area contributed by atoms with Crippen molar-refractivity contribution in [1.82, 2.24) is 15.5 Å². The summed E-state index contributed by atoms with van der Waals surface area (Å²) in [7, 11) is 0. The van der Waals surface area contributed by atoms with Crippen LogP contribution in [0, 0.1) is 12.8 Å². The molecule has 0 unspecified atom stereocenters. The number of aryl methyl sites for hydroxylation is 1. The first-order valence-electron chi connectivity index (χ1n) is 7.60. The molecule has 2 heterocycles. The highest BCUT2D eigenvalue weighted by molar-refractivity contribution is 7.15. The lowest BCUT2D eigenvalue weighted by Gasteiger charge is -2.20. The molecular formula is C16H20N4OS. The fourth-order valence-electron chi connectivity index (χ4n) is 2.55. The number of nitrogens with zero attached hydrogens (tertiary/aromatic N) is 2. The third-order valence-corrected chi connectivity index (χ3v) is 4.72. The van der Waals surface area contributed by atoms with E-state index in [1.165, 1.54) is 22.5 Å². The highest BCUT2D eigenvalue weighted by Gasteiger charge is 2.21. The lowest BCUT2D eigenvalue weighted by molar-refractivity contribution is -0.120. The average Bonchev–Trinajstić information content (AvgIpc) is 2.97. The Bertz CT molecular complexity index is 632. The Hall–Kier alpha value is -1.79. The molecule has 1 amide bonds. The van der Waals surface area contributed by atoms with E-state index < -0.39 is 0 Å². The molecule has 0 saturated carbocycles. The molecule has 0 aliphatic carbocycles. The van der Waals surface area contributed by atoms with Gasteiger partial charge in [-0.05, 0) is 38.4 Å². The Morgan fingerprint density at radius 2 is 2.00 bits per heavy atom. The van der Waals surface area contributed by atoms with Crippen LogP contribution in [-0.2, 0) is 11.2 Å². The van der Waals surface area contributed by atoms with Gasteiger partial charge in [0.15, 0.2) is 0 Å². The van der Waals surface area contributed by atoms with E-state index in [1.807, 2.05) is 0 Å². The number of anilines is 1. The Labute approximate surface area is 134 Å². The lowest BCUT2D eigenvalue weighted by Crippen LogP contribution is -2.34. The first-order valence-corrected chi connectivity index (χ1v) is 8.42. The van der Waals surface area contributed by atoms with Gasteiger partial charge < -0.3 is 10.6 Å². The van der Waals surface area contributed by atoms with Gasteiger partial charge in [0, 0.05) is 12.3 Å². The fraction of sp³-hybridized carbons (Fsp3) is 0.438. The zero-order valence-corrected chi connectivity index (χ0v) is 13.4. The summed E-state index contributed by atoms with van der Waals surface area (Å²) in [6, 6.07) is 8.39. The summed E-state index contributed by atoms with van der Waals surface area (Å²) < 4.78 is 0. The number of rotatable bonds is 4. The SMILES string of the molecule is Cc1ccc(Cc2nnc(NC(=O)C3CCNCC3)s2)cc1. The first-order chi connectivity index (χ1) is 10.7. The van der Waals surface area contributed by atoms with E-state index in [1.54, 1.807) is 0 Å². The number of piperidine rings is 1. The number of hydrogen-bond acceptors (Lipinski definition) is 5. The molecule has 1 aromatic heterocycles. The first kappa shape index (κ1) is 15.1. The van der Waals surface area contributed by atoms with Gasteiger partial charge in [0.25, 0.3) is 0 Å². The van der Waals surface area contributed by atoms with Crippen LogP contribution in [0.25, 0.3) is 0 Å². The van der Waals surface area contributed by atoms with Crippen LogP contribution in [0.2, 0.25) is 0 Å². The maximum absolute atomic E-state index is 12.2. The summed E-state index contributed by atoms with van der Waals surface area (Å²) in [4.78, 5) is 12.2. The molecule has 0 atom stereocenters. The van der Waals surface area contributed by atoms with Gasteiger partial charge in [-0.3, -0.25) is 4.79 Å². The van der Waals surface area contributed by atoms with Gasteiger partial charge in [-0.2, -0.15) is 0 Å². The third-order valence-electron chi connectivity index (χ3n) is 3.88. The van der Waals surface area contributed by atoms with E-state index in [0.717, 1.165) is 37.4 Å². The van der Waals surface area contributed by atoms with Gasteiger partial charge in [-0.25, -0.2) is 0 Å². The molecule has 0 radical (unpaired) electrons. The lowest BCUT2D eigenvalue weighted by atomic mass is 9.97. The number of hydrogen-bond donors (Lipinski definition) is 2. The second-order valence-electron chi connectivity index (χ2n) is 5.68. The van der Waals surface area contributed by atoms with Crippen LogP contribution in [0.3, 0.4) is 0 Å². The van der Waals surface area contributed by atoms with E-state index >= 15 is 0 Å². The van der Waals surface area contributed by atoms with Crippen molar-refractivity contribution in [3.63, 3.8) is 0 Å². The summed E-state index contributed by atoms with van der Waals surface area (Å²) in [5.41, 5.74) is 2.45. The Morgan fingerprint density at radius 3 is 2.73 bits per heavy atom. The molecule has 6 heteroatoms. The Kier molecular flexibility index (Phi) is 4.80. The highest BCUT2D eigenvalue weighted by atomic mass is 32.1. The van der Waals surface area contributed by atoms with Crippen LogP contribution in [0.4, 0.5) is 5.13 Å². The molecule has 0 spiro atoms. The molecule has 116 valence electrons. The van der Waals surface area contributed by atoms with E-state index in [-0.39, 0.29) is 11.8 Å². The standard InChI is InChI=1S/C16H20N4OS/c1-11-2-4-12(5-3-11)10-14-19-20-16(22-14)18-15(21)13-6-8-17-9-7-13/h2-5,13,17H,6-10H2,1H3,(H,18,20,21). The minimum atomic E-state index is 0.0690. The molecule has 1 fully saturated rings. The van der Waals surface area contributed by atoms with E-state index in [2.05, 4.69) is 52.0 Å². The monoisotopic (exact) mass is 316 g/mol. The molecule has 5 nitrogen and oxygen atoms in total. The third kappa shape index (κ3) is 3.90. The van der Waals surface area contributed by atoms with Crippen molar-refractivity contribution in [2.45, 2.75) is 26.2 Å². The molecule has 22 heavy (non-hydrogen) atoms. The van der Waals surface area contributed by atoms with E-state index in [0.29, 0.717) is 5.13 Å². The largest absolute Gasteiger partial charge is 0.317 e. The number of aromatic nitrogens is 2. The smallest absolute Gasteiger partial charge is 0.229 e. The second-order valence-corrected chi connectivity index (χ2v) is 6.74. The van der Waals surface area contributed by atoms with Gasteiger partial charge in [-0.1, -0.05) is 41.2 Å². The van der Waals surface area contributed by atoms with Crippen LogP contribution in [0.1, 0.15) is 29.0 Å². The van der Waals surface area contributed by atoms with Crippen molar-refractivity contribution in [2.75, 3.05) is 18.4 Å². The van der Waals surface area contributed by atoms with Crippen molar-refractivity contribution in [3.05, 3.63) is 40.4 Å². The zero-order chi connectivity index (χ0) is 15.4. The van der Waals surface area contributed by atoms with Gasteiger partial charge >= 0.3 is 0 Å². The molecule has 1 aliphatic heterocycles. The van der Waals surface area contributed by atoms with Crippen molar-refractivity contribution in [1.29, 1.82) is 0 Å². The topological polar surface area (TPSA) is 66.9 Å². The predicted molar refractivity (Wildman–Crippen MR) is 88.1 cm³/mol. The Morgan fingerprint density at radius 1 is 1.27 bits per heavy atom. The van der Waals surface area contributed by atoms with Crippen molar-refractivity contribution >= 4 is 22.4 Å². The molecule has 3 rings (SSSR count). The molecule has 1 aromatic carbocycles. The molecule has 2 N–H and O–H groups in total. The summed E-state index contributed by atoms with van der Waals surface area (Å²) in [5.74, 6) is 0.158. The second kappa shape index (κ2) is 6.98. The van der Waals surface area contributed by atoms with Crippen LogP contribution in [0.15, 0.2) is 24.3 Å². The van der Waals surface area contributed by atoms with Gasteiger partial charge in [0.1, 0.15) is 5.01 Å². The maximum atomic E-state index is 12.2. The molecule has 1 aliphatic rings. The van der Waals surface area contributed by atoms with Crippen LogP contribution in [-0.4, -0.2) is 29.2 Å². The minimum absolute atomic E-state index is 0.0690. The van der Waals surface area contributed by atoms with E-state index in [4.69, 9.17) is 0 Å². The summed E-state index contributed by atoms with van der Waals surface area (Å²) >= 11 is 1.45. The number of carbonyl (C=O) groups is 1. The molecule has 0 bridgehead atoms. The highest BCUT2D eigenvalue weighted by Crippen LogP contribution is 2.21. The van der Waals surface area contributed by atoms with E-state index in [9.17, 15) is 4.79 Å². The number of nitrogens with one attached hydrogen (secondary N) is 2. The van der Waals surface area contributed by atoms with Crippen LogP contribution in [0.5, 0.6) is 0 Å². The molecular weight excluding hydrogens is 296 g/mol. The summed E-state index contributed by atoms with van der Waals surface area (Å²) in [6.45, 7) is 3.89. The van der Waals surface area contributed by atoms with Crippen molar-refractivity contribution in [3.8, 4) is 0 Å². The number of benzene rings is 1. The van der Waals surface area contributed by atoms with Gasteiger partial charge in [0.2, 0.25) is 11.0 Å². The molecule has 2 aromatic rings. The average molecular weight is 316 g/mol. The van der Waals surface area contributed by atoms with Crippen molar-refractivity contribution < 1.29 is 4.79 Å². The predicted octanol–water partition coefficient (Wildman–Crippen LogP) is 2.38. The zero-order valence-electron chi connectivity index (χ0n) is 12.6. The minimum Gasteiger partial charge on any atom is -0.317 e. The number of amides is 1. The van der Waals surface area contributed by atoms with Gasteiger partial charge in [0.05, 0.1) is 0 Å². The normalized spacial score (nSPS) is 15.7. The van der Waals surface area contributed by atoms with Crippen LogP contribution >= 0.6 is 11.3 Å². The van der Waals surface area contributed by atoms with Gasteiger partial charge in [-0.15, -0.1) is 10.2 Å². The Balaban J connectivity index is 1.58. The van der Waals surface area contributed by atoms with Crippen LogP contribution < -0.4 is 10.6 Å². The fourth-order valence-corrected chi connectivity index (χ4v) is 3.32. The number of carbonyl (C=O) groups excluding carboxylic acids is 1. The van der Waals surface area contributed by atoms with Crippen molar-refractivity contribution in [2.24, 2.45) is 5.92 Å². The maximum Gasteiger partial charge on any atom is 0.229 e.